The second kappa shape index (κ2) is 5.68. The van der Waals surface area contributed by atoms with Gasteiger partial charge in [-0.2, -0.15) is 0 Å². The van der Waals surface area contributed by atoms with Gasteiger partial charge in [-0.15, -0.1) is 0 Å². The molecule has 1 amide bonds. The Morgan fingerprint density at radius 2 is 2.30 bits per heavy atom. The SMILES string of the molecule is CCCN1C[C@@H](NC=O)C=C2c3cccc4c3[C@H](C[C@H]21)C(C)N4. The summed E-state index contributed by atoms with van der Waals surface area (Å²) < 4.78 is 0. The van der Waals surface area contributed by atoms with Gasteiger partial charge >= 0.3 is 0 Å². The zero-order valence-electron chi connectivity index (χ0n) is 13.9. The monoisotopic (exact) mass is 311 g/mol. The molecule has 0 bridgehead atoms. The van der Waals surface area contributed by atoms with Crippen LogP contribution in [0.15, 0.2) is 24.3 Å². The Labute approximate surface area is 137 Å². The number of hydrogen-bond acceptors (Lipinski definition) is 3. The van der Waals surface area contributed by atoms with Crippen LogP contribution in [0.4, 0.5) is 5.69 Å². The maximum absolute atomic E-state index is 10.9. The molecule has 0 aromatic heterocycles. The van der Waals surface area contributed by atoms with Crippen molar-refractivity contribution in [2.75, 3.05) is 18.4 Å². The molecule has 4 atom stereocenters. The van der Waals surface area contributed by atoms with E-state index in [2.05, 4.69) is 53.7 Å². The summed E-state index contributed by atoms with van der Waals surface area (Å²) in [7, 11) is 0. The van der Waals surface area contributed by atoms with Gasteiger partial charge in [-0.1, -0.05) is 25.1 Å². The summed E-state index contributed by atoms with van der Waals surface area (Å²) in [6, 6.07) is 7.71. The normalized spacial score (nSPS) is 31.7. The molecule has 4 nitrogen and oxygen atoms in total. The fourth-order valence-corrected chi connectivity index (χ4v) is 4.73. The average Bonchev–Trinajstić information content (AvgIpc) is 2.86. The van der Waals surface area contributed by atoms with Crippen molar-refractivity contribution in [2.24, 2.45) is 0 Å². The summed E-state index contributed by atoms with van der Waals surface area (Å²) >= 11 is 0. The van der Waals surface area contributed by atoms with E-state index < -0.39 is 0 Å². The van der Waals surface area contributed by atoms with Gasteiger partial charge in [0.25, 0.3) is 0 Å². The third kappa shape index (κ3) is 2.27. The molecule has 2 N–H and O–H groups in total. The first-order valence-corrected chi connectivity index (χ1v) is 8.78. The topological polar surface area (TPSA) is 44.4 Å². The summed E-state index contributed by atoms with van der Waals surface area (Å²) in [6.45, 7) is 6.54. The van der Waals surface area contributed by atoms with Crippen LogP contribution in [-0.2, 0) is 4.79 Å². The predicted molar refractivity (Wildman–Crippen MR) is 93.5 cm³/mol. The maximum atomic E-state index is 10.9. The second-order valence-electron chi connectivity index (χ2n) is 7.07. The number of nitrogens with zero attached hydrogens (tertiary/aromatic N) is 1. The van der Waals surface area contributed by atoms with Crippen molar-refractivity contribution in [2.45, 2.75) is 50.7 Å². The number of carbonyl (C=O) groups is 1. The lowest BCUT2D eigenvalue weighted by Crippen LogP contribution is -2.51. The molecule has 122 valence electrons. The van der Waals surface area contributed by atoms with Gasteiger partial charge in [-0.3, -0.25) is 9.69 Å². The van der Waals surface area contributed by atoms with Crippen molar-refractivity contribution in [1.29, 1.82) is 0 Å². The van der Waals surface area contributed by atoms with Gasteiger partial charge in [0.15, 0.2) is 0 Å². The lowest BCUT2D eigenvalue weighted by Gasteiger charge is -2.44. The predicted octanol–water partition coefficient (Wildman–Crippen LogP) is 2.58. The van der Waals surface area contributed by atoms with Crippen LogP contribution in [0, 0.1) is 0 Å². The van der Waals surface area contributed by atoms with Crippen molar-refractivity contribution < 1.29 is 4.79 Å². The standard InChI is InChI=1S/C19H25N3O/c1-3-7-22-10-13(20-11-23)8-16-14-5-4-6-17-19(14)15(9-18(16)22)12(2)21-17/h4-6,8,11-13,15,18,21H,3,7,9-10H2,1-2H3,(H,20,23)/t12?,13-,15+,18+/m0/s1. The highest BCUT2D eigenvalue weighted by Crippen LogP contribution is 2.50. The van der Waals surface area contributed by atoms with Crippen molar-refractivity contribution >= 4 is 17.7 Å². The van der Waals surface area contributed by atoms with Crippen molar-refractivity contribution in [1.82, 2.24) is 10.2 Å². The van der Waals surface area contributed by atoms with E-state index in [9.17, 15) is 4.79 Å². The van der Waals surface area contributed by atoms with E-state index in [1.807, 2.05) is 0 Å². The molecule has 1 aromatic rings. The molecule has 1 unspecified atom stereocenters. The van der Waals surface area contributed by atoms with Crippen LogP contribution in [0.1, 0.15) is 43.7 Å². The van der Waals surface area contributed by atoms with Gasteiger partial charge < -0.3 is 10.6 Å². The molecule has 3 aliphatic rings. The fourth-order valence-electron chi connectivity index (χ4n) is 4.73. The number of benzene rings is 1. The molecular formula is C19H25N3O. The lowest BCUT2D eigenvalue weighted by molar-refractivity contribution is -0.110. The number of hydrogen-bond donors (Lipinski definition) is 2. The summed E-state index contributed by atoms with van der Waals surface area (Å²) in [5, 5.41) is 6.63. The summed E-state index contributed by atoms with van der Waals surface area (Å²) in [6.07, 6.45) is 5.44. The molecular weight excluding hydrogens is 286 g/mol. The zero-order valence-corrected chi connectivity index (χ0v) is 13.9. The van der Waals surface area contributed by atoms with Crippen molar-refractivity contribution in [3.63, 3.8) is 0 Å². The Bertz CT molecular complexity index is 654. The molecule has 0 saturated heterocycles. The fraction of sp³-hybridized carbons (Fsp3) is 0.526. The van der Waals surface area contributed by atoms with Gasteiger partial charge in [-0.25, -0.2) is 0 Å². The van der Waals surface area contributed by atoms with E-state index in [0.717, 1.165) is 25.9 Å². The molecule has 23 heavy (non-hydrogen) atoms. The largest absolute Gasteiger partial charge is 0.382 e. The molecule has 1 aliphatic carbocycles. The average molecular weight is 311 g/mol. The minimum Gasteiger partial charge on any atom is -0.382 e. The summed E-state index contributed by atoms with van der Waals surface area (Å²) in [4.78, 5) is 13.5. The first-order chi connectivity index (χ1) is 11.2. The number of fused-ring (bicyclic) bond motifs is 2. The van der Waals surface area contributed by atoms with Crippen molar-refractivity contribution in [3.8, 4) is 0 Å². The van der Waals surface area contributed by atoms with E-state index in [1.165, 1.54) is 28.8 Å². The highest BCUT2D eigenvalue weighted by molar-refractivity contribution is 5.82. The van der Waals surface area contributed by atoms with E-state index in [1.54, 1.807) is 0 Å². The van der Waals surface area contributed by atoms with Crippen LogP contribution in [0.25, 0.3) is 5.57 Å². The smallest absolute Gasteiger partial charge is 0.207 e. The van der Waals surface area contributed by atoms with Gasteiger partial charge in [0, 0.05) is 30.2 Å². The number of rotatable bonds is 4. The molecule has 0 spiro atoms. The van der Waals surface area contributed by atoms with Gasteiger partial charge in [0.05, 0.1) is 6.04 Å². The Morgan fingerprint density at radius 1 is 1.43 bits per heavy atom. The van der Waals surface area contributed by atoms with E-state index in [4.69, 9.17) is 0 Å². The Morgan fingerprint density at radius 3 is 3.09 bits per heavy atom. The Kier molecular flexibility index (Phi) is 3.64. The first-order valence-electron chi connectivity index (χ1n) is 8.78. The van der Waals surface area contributed by atoms with Crippen LogP contribution in [0.2, 0.25) is 0 Å². The van der Waals surface area contributed by atoms with Gasteiger partial charge in [0.2, 0.25) is 6.41 Å². The molecule has 0 fully saturated rings. The third-order valence-corrected chi connectivity index (χ3v) is 5.66. The molecule has 2 aliphatic heterocycles. The molecule has 2 heterocycles. The molecule has 0 radical (unpaired) electrons. The van der Waals surface area contributed by atoms with Gasteiger partial charge in [-0.05, 0) is 49.1 Å². The van der Waals surface area contributed by atoms with Crippen molar-refractivity contribution in [3.05, 3.63) is 35.4 Å². The number of carbonyl (C=O) groups excluding carboxylic acids is 1. The molecule has 4 heteroatoms. The van der Waals surface area contributed by atoms with Crippen LogP contribution in [0.5, 0.6) is 0 Å². The lowest BCUT2D eigenvalue weighted by atomic mass is 9.73. The summed E-state index contributed by atoms with van der Waals surface area (Å²) in [5.41, 5.74) is 5.59. The van der Waals surface area contributed by atoms with E-state index >= 15 is 0 Å². The number of anilines is 1. The highest BCUT2D eigenvalue weighted by atomic mass is 16.1. The Hall–Kier alpha value is -1.81. The Balaban J connectivity index is 1.81. The molecule has 4 rings (SSSR count). The number of nitrogens with one attached hydrogen (secondary N) is 2. The number of amides is 1. The first kappa shape index (κ1) is 14.8. The van der Waals surface area contributed by atoms with E-state index in [-0.39, 0.29) is 6.04 Å². The zero-order chi connectivity index (χ0) is 16.0. The minimum absolute atomic E-state index is 0.115. The van der Waals surface area contributed by atoms with Crippen LogP contribution in [-0.4, -0.2) is 42.5 Å². The van der Waals surface area contributed by atoms with Crippen LogP contribution in [0.3, 0.4) is 0 Å². The molecule has 0 saturated carbocycles. The third-order valence-electron chi connectivity index (χ3n) is 5.66. The quantitative estimate of drug-likeness (QED) is 0.840. The highest BCUT2D eigenvalue weighted by Gasteiger charge is 2.42. The van der Waals surface area contributed by atoms with E-state index in [0.29, 0.717) is 18.0 Å². The molecule has 1 aromatic carbocycles. The maximum Gasteiger partial charge on any atom is 0.207 e. The minimum atomic E-state index is 0.115. The second-order valence-corrected chi connectivity index (χ2v) is 7.07. The van der Waals surface area contributed by atoms with Crippen LogP contribution < -0.4 is 10.6 Å². The summed E-state index contributed by atoms with van der Waals surface area (Å²) in [5.74, 6) is 0.596. The van der Waals surface area contributed by atoms with Crippen LogP contribution >= 0.6 is 0 Å². The van der Waals surface area contributed by atoms with Gasteiger partial charge in [0.1, 0.15) is 0 Å².